The lowest BCUT2D eigenvalue weighted by Gasteiger charge is -2.22. The lowest BCUT2D eigenvalue weighted by molar-refractivity contribution is 0.288. The lowest BCUT2D eigenvalue weighted by atomic mass is 10.1. The van der Waals surface area contributed by atoms with E-state index in [2.05, 4.69) is 44.0 Å². The highest BCUT2D eigenvalue weighted by Gasteiger charge is 2.11. The Labute approximate surface area is 127 Å². The van der Waals surface area contributed by atoms with Crippen LogP contribution in [0.1, 0.15) is 51.5 Å². The third kappa shape index (κ3) is 6.26. The van der Waals surface area contributed by atoms with Gasteiger partial charge in [0.05, 0.1) is 4.34 Å². The van der Waals surface area contributed by atoms with Crippen LogP contribution in [0.4, 0.5) is 0 Å². The molecule has 0 fully saturated rings. The molecule has 0 saturated carbocycles. The summed E-state index contributed by atoms with van der Waals surface area (Å²) in [5, 5.41) is 3.65. The molecule has 0 aliphatic carbocycles. The SMILES string of the molecule is CCN(CC)CCCC(C)NC(C)c1ccc(Cl)s1. The largest absolute Gasteiger partial charge is 0.307 e. The molecule has 1 aromatic heterocycles. The summed E-state index contributed by atoms with van der Waals surface area (Å²) in [5.41, 5.74) is 0. The molecule has 2 atom stereocenters. The number of hydrogen-bond donors (Lipinski definition) is 1. The van der Waals surface area contributed by atoms with E-state index in [1.54, 1.807) is 11.3 Å². The van der Waals surface area contributed by atoms with E-state index in [9.17, 15) is 0 Å². The zero-order valence-electron chi connectivity index (χ0n) is 12.6. The summed E-state index contributed by atoms with van der Waals surface area (Å²) in [6.07, 6.45) is 2.48. The molecule has 2 unspecified atom stereocenters. The first-order chi connectivity index (χ1) is 9.06. The quantitative estimate of drug-likeness (QED) is 0.719. The summed E-state index contributed by atoms with van der Waals surface area (Å²) < 4.78 is 0.873. The topological polar surface area (TPSA) is 15.3 Å². The molecule has 1 aromatic rings. The van der Waals surface area contributed by atoms with Gasteiger partial charge in [-0.05, 0) is 58.5 Å². The Kier molecular flexibility index (Phi) is 8.00. The highest BCUT2D eigenvalue weighted by atomic mass is 35.5. The second-order valence-corrected chi connectivity index (χ2v) is 6.85. The number of rotatable bonds is 9. The average molecular weight is 303 g/mol. The molecule has 19 heavy (non-hydrogen) atoms. The van der Waals surface area contributed by atoms with E-state index in [1.807, 2.05) is 6.07 Å². The summed E-state index contributed by atoms with van der Waals surface area (Å²) in [7, 11) is 0. The maximum Gasteiger partial charge on any atom is 0.0931 e. The maximum atomic E-state index is 5.98. The van der Waals surface area contributed by atoms with Gasteiger partial charge in [-0.2, -0.15) is 0 Å². The van der Waals surface area contributed by atoms with Crippen molar-refractivity contribution in [1.29, 1.82) is 0 Å². The van der Waals surface area contributed by atoms with Gasteiger partial charge in [-0.15, -0.1) is 11.3 Å². The van der Waals surface area contributed by atoms with Crippen LogP contribution in [0.3, 0.4) is 0 Å². The Bertz CT molecular complexity index is 350. The van der Waals surface area contributed by atoms with E-state index in [0.717, 1.165) is 17.4 Å². The molecule has 0 bridgehead atoms. The van der Waals surface area contributed by atoms with Crippen molar-refractivity contribution in [3.63, 3.8) is 0 Å². The molecule has 0 spiro atoms. The molecular weight excluding hydrogens is 276 g/mol. The zero-order valence-corrected chi connectivity index (χ0v) is 14.2. The highest BCUT2D eigenvalue weighted by Crippen LogP contribution is 2.27. The van der Waals surface area contributed by atoms with Crippen molar-refractivity contribution in [2.45, 2.75) is 52.6 Å². The number of thiophene rings is 1. The second-order valence-electron chi connectivity index (χ2n) is 5.10. The minimum Gasteiger partial charge on any atom is -0.307 e. The summed E-state index contributed by atoms with van der Waals surface area (Å²) in [6.45, 7) is 12.5. The fourth-order valence-electron chi connectivity index (χ4n) is 2.31. The van der Waals surface area contributed by atoms with Crippen LogP contribution in [0.5, 0.6) is 0 Å². The van der Waals surface area contributed by atoms with E-state index >= 15 is 0 Å². The highest BCUT2D eigenvalue weighted by molar-refractivity contribution is 7.16. The van der Waals surface area contributed by atoms with Crippen LogP contribution in [-0.2, 0) is 0 Å². The van der Waals surface area contributed by atoms with Crippen LogP contribution >= 0.6 is 22.9 Å². The van der Waals surface area contributed by atoms with Crippen molar-refractivity contribution in [2.75, 3.05) is 19.6 Å². The molecule has 4 heteroatoms. The summed E-state index contributed by atoms with van der Waals surface area (Å²) in [6, 6.07) is 5.03. The van der Waals surface area contributed by atoms with Gasteiger partial charge < -0.3 is 10.2 Å². The Morgan fingerprint density at radius 1 is 1.26 bits per heavy atom. The van der Waals surface area contributed by atoms with Gasteiger partial charge in [-0.1, -0.05) is 25.4 Å². The minimum atomic E-state index is 0.390. The number of nitrogens with zero attached hydrogens (tertiary/aromatic N) is 1. The molecule has 1 rings (SSSR count). The van der Waals surface area contributed by atoms with Crippen molar-refractivity contribution in [1.82, 2.24) is 10.2 Å². The first kappa shape index (κ1) is 17.0. The molecule has 2 nitrogen and oxygen atoms in total. The van der Waals surface area contributed by atoms with Crippen LogP contribution in [-0.4, -0.2) is 30.6 Å². The van der Waals surface area contributed by atoms with Crippen molar-refractivity contribution in [3.05, 3.63) is 21.3 Å². The Hall–Kier alpha value is -0.0900. The molecule has 0 radical (unpaired) electrons. The molecule has 0 saturated heterocycles. The zero-order chi connectivity index (χ0) is 14.3. The third-order valence-corrected chi connectivity index (χ3v) is 4.98. The third-order valence-electron chi connectivity index (χ3n) is 3.56. The van der Waals surface area contributed by atoms with Gasteiger partial charge in [-0.25, -0.2) is 0 Å². The number of nitrogens with one attached hydrogen (secondary N) is 1. The van der Waals surface area contributed by atoms with Crippen LogP contribution in [0.15, 0.2) is 12.1 Å². The van der Waals surface area contributed by atoms with Crippen molar-refractivity contribution in [2.24, 2.45) is 0 Å². The molecule has 1 N–H and O–H groups in total. The molecular formula is C15H27ClN2S. The van der Waals surface area contributed by atoms with E-state index in [-0.39, 0.29) is 0 Å². The first-order valence-electron chi connectivity index (χ1n) is 7.30. The van der Waals surface area contributed by atoms with E-state index in [1.165, 1.54) is 24.3 Å². The van der Waals surface area contributed by atoms with Gasteiger partial charge in [-0.3, -0.25) is 0 Å². The predicted molar refractivity (Wildman–Crippen MR) is 87.4 cm³/mol. The summed E-state index contributed by atoms with van der Waals surface area (Å²) in [5.74, 6) is 0. The van der Waals surface area contributed by atoms with E-state index in [4.69, 9.17) is 11.6 Å². The van der Waals surface area contributed by atoms with Gasteiger partial charge in [0, 0.05) is 17.0 Å². The Balaban J connectivity index is 2.25. The van der Waals surface area contributed by atoms with Crippen molar-refractivity contribution < 1.29 is 0 Å². The van der Waals surface area contributed by atoms with Crippen LogP contribution in [0.25, 0.3) is 0 Å². The maximum absolute atomic E-state index is 5.98. The van der Waals surface area contributed by atoms with E-state index in [0.29, 0.717) is 12.1 Å². The molecule has 0 aromatic carbocycles. The molecule has 0 aliphatic rings. The van der Waals surface area contributed by atoms with Gasteiger partial charge in [0.25, 0.3) is 0 Å². The minimum absolute atomic E-state index is 0.390. The summed E-state index contributed by atoms with van der Waals surface area (Å²) in [4.78, 5) is 3.80. The smallest absolute Gasteiger partial charge is 0.0931 e. The number of halogens is 1. The first-order valence-corrected chi connectivity index (χ1v) is 8.49. The van der Waals surface area contributed by atoms with Crippen LogP contribution in [0, 0.1) is 0 Å². The van der Waals surface area contributed by atoms with Crippen molar-refractivity contribution in [3.8, 4) is 0 Å². The molecule has 0 amide bonds. The Morgan fingerprint density at radius 2 is 1.95 bits per heavy atom. The second kappa shape index (κ2) is 8.96. The van der Waals surface area contributed by atoms with Gasteiger partial charge in [0.1, 0.15) is 0 Å². The lowest BCUT2D eigenvalue weighted by Crippen LogP contribution is -2.30. The molecule has 110 valence electrons. The van der Waals surface area contributed by atoms with Crippen LogP contribution < -0.4 is 5.32 Å². The normalized spacial score (nSPS) is 14.8. The molecule has 1 heterocycles. The number of hydrogen-bond acceptors (Lipinski definition) is 3. The monoisotopic (exact) mass is 302 g/mol. The summed E-state index contributed by atoms with van der Waals surface area (Å²) >= 11 is 7.65. The standard InChI is InChI=1S/C15H27ClN2S/c1-5-18(6-2)11-7-8-12(3)17-13(4)14-9-10-15(16)19-14/h9-10,12-13,17H,5-8,11H2,1-4H3. The van der Waals surface area contributed by atoms with E-state index < -0.39 is 0 Å². The average Bonchev–Trinajstić information content (AvgIpc) is 2.81. The van der Waals surface area contributed by atoms with Gasteiger partial charge in [0.15, 0.2) is 0 Å². The fraction of sp³-hybridized carbons (Fsp3) is 0.733. The Morgan fingerprint density at radius 3 is 2.47 bits per heavy atom. The van der Waals surface area contributed by atoms with Crippen molar-refractivity contribution >= 4 is 22.9 Å². The fourth-order valence-corrected chi connectivity index (χ4v) is 3.39. The van der Waals surface area contributed by atoms with Gasteiger partial charge in [0.2, 0.25) is 0 Å². The van der Waals surface area contributed by atoms with Gasteiger partial charge >= 0.3 is 0 Å². The predicted octanol–water partition coefficient (Wildman–Crippen LogP) is 4.56. The molecule has 0 aliphatic heterocycles. The van der Waals surface area contributed by atoms with Crippen LogP contribution in [0.2, 0.25) is 4.34 Å².